The summed E-state index contributed by atoms with van der Waals surface area (Å²) in [7, 11) is 3.61. The van der Waals surface area contributed by atoms with Crippen molar-refractivity contribution in [2.24, 2.45) is 0 Å². The molecule has 6 nitrogen and oxygen atoms in total. The molecule has 2 heterocycles. The molecule has 0 saturated carbocycles. The highest BCUT2D eigenvalue weighted by Crippen LogP contribution is 2.20. The van der Waals surface area contributed by atoms with E-state index in [1.807, 2.05) is 43.3 Å². The van der Waals surface area contributed by atoms with Gasteiger partial charge in [0.1, 0.15) is 5.82 Å². The Morgan fingerprint density at radius 1 is 1.40 bits per heavy atom. The largest absolute Gasteiger partial charge is 0.359 e. The predicted octanol–water partition coefficient (Wildman–Crippen LogP) is 1.23. The van der Waals surface area contributed by atoms with Crippen molar-refractivity contribution >= 4 is 17.4 Å². The van der Waals surface area contributed by atoms with E-state index in [1.165, 1.54) is 0 Å². The van der Waals surface area contributed by atoms with Crippen molar-refractivity contribution in [3.05, 3.63) is 23.0 Å². The number of carbonyl (C=O) groups is 1. The minimum absolute atomic E-state index is 0.0340. The lowest BCUT2D eigenvalue weighted by Gasteiger charge is -2.20. The zero-order chi connectivity index (χ0) is 14.9. The lowest BCUT2D eigenvalue weighted by atomic mass is 10.3. The number of aromatic nitrogens is 3. The van der Waals surface area contributed by atoms with Gasteiger partial charge in [0, 0.05) is 44.4 Å². The number of rotatable bonds is 4. The van der Waals surface area contributed by atoms with E-state index >= 15 is 0 Å². The minimum atomic E-state index is 0.0340. The summed E-state index contributed by atoms with van der Waals surface area (Å²) in [6, 6.07) is 1.99. The fraction of sp³-hybridized carbons (Fsp3) is 0.500. The first-order chi connectivity index (χ1) is 9.43. The molecule has 108 valence electrons. The van der Waals surface area contributed by atoms with Gasteiger partial charge < -0.3 is 10.2 Å². The number of anilines is 1. The maximum Gasteiger partial charge on any atom is 0.221 e. The molecule has 0 aliphatic carbocycles. The van der Waals surface area contributed by atoms with Gasteiger partial charge in [-0.1, -0.05) is 0 Å². The predicted molar refractivity (Wildman–Crippen MR) is 79.2 cm³/mol. The first-order valence-corrected chi connectivity index (χ1v) is 6.69. The number of nitrogens with one attached hydrogen (secondary N) is 1. The number of fused-ring (bicyclic) bond motifs is 1. The van der Waals surface area contributed by atoms with Crippen molar-refractivity contribution in [1.82, 2.24) is 19.9 Å². The molecule has 0 aliphatic heterocycles. The van der Waals surface area contributed by atoms with Crippen LogP contribution >= 0.6 is 0 Å². The van der Waals surface area contributed by atoms with E-state index in [0.717, 1.165) is 28.4 Å². The molecule has 0 fully saturated rings. The molecule has 0 bridgehead atoms. The average Bonchev–Trinajstić information content (AvgIpc) is 2.71. The van der Waals surface area contributed by atoms with Crippen molar-refractivity contribution < 1.29 is 4.79 Å². The zero-order valence-electron chi connectivity index (χ0n) is 12.7. The van der Waals surface area contributed by atoms with E-state index in [-0.39, 0.29) is 5.91 Å². The summed E-state index contributed by atoms with van der Waals surface area (Å²) >= 11 is 0. The summed E-state index contributed by atoms with van der Waals surface area (Å²) in [5, 5.41) is 7.17. The van der Waals surface area contributed by atoms with Gasteiger partial charge in [0.25, 0.3) is 0 Å². The highest BCUT2D eigenvalue weighted by Gasteiger charge is 2.14. The highest BCUT2D eigenvalue weighted by molar-refractivity contribution is 5.76. The van der Waals surface area contributed by atoms with Gasteiger partial charge in [-0.25, -0.2) is 4.98 Å². The second-order valence-corrected chi connectivity index (χ2v) is 5.05. The Morgan fingerprint density at radius 3 is 2.75 bits per heavy atom. The molecule has 1 N–H and O–H groups in total. The van der Waals surface area contributed by atoms with E-state index in [0.29, 0.717) is 13.0 Å². The number of amides is 1. The maximum atomic E-state index is 11.4. The molecular formula is C14H21N5O. The van der Waals surface area contributed by atoms with Crippen LogP contribution in [0.15, 0.2) is 6.07 Å². The third kappa shape index (κ3) is 2.59. The van der Waals surface area contributed by atoms with E-state index < -0.39 is 0 Å². The van der Waals surface area contributed by atoms with E-state index in [4.69, 9.17) is 0 Å². The van der Waals surface area contributed by atoms with Crippen LogP contribution in [0, 0.1) is 20.8 Å². The van der Waals surface area contributed by atoms with Gasteiger partial charge >= 0.3 is 0 Å². The summed E-state index contributed by atoms with van der Waals surface area (Å²) in [6.45, 7) is 6.61. The summed E-state index contributed by atoms with van der Waals surface area (Å²) in [5.41, 5.74) is 3.89. The molecule has 0 aromatic carbocycles. The number of hydrogen-bond donors (Lipinski definition) is 1. The van der Waals surface area contributed by atoms with Crippen LogP contribution in [0.2, 0.25) is 0 Å². The van der Waals surface area contributed by atoms with E-state index in [1.54, 1.807) is 7.05 Å². The monoisotopic (exact) mass is 275 g/mol. The average molecular weight is 275 g/mol. The molecule has 0 radical (unpaired) electrons. The summed E-state index contributed by atoms with van der Waals surface area (Å²) < 4.78 is 1.85. The molecule has 6 heteroatoms. The van der Waals surface area contributed by atoms with Crippen LogP contribution in [0.3, 0.4) is 0 Å². The Kier molecular flexibility index (Phi) is 3.92. The second kappa shape index (κ2) is 5.48. The zero-order valence-corrected chi connectivity index (χ0v) is 12.7. The molecule has 0 aliphatic rings. The molecular weight excluding hydrogens is 254 g/mol. The smallest absolute Gasteiger partial charge is 0.221 e. The van der Waals surface area contributed by atoms with Crippen molar-refractivity contribution in [2.45, 2.75) is 27.2 Å². The molecule has 20 heavy (non-hydrogen) atoms. The van der Waals surface area contributed by atoms with E-state index in [9.17, 15) is 4.79 Å². The lowest BCUT2D eigenvalue weighted by molar-refractivity contribution is -0.120. The van der Waals surface area contributed by atoms with E-state index in [2.05, 4.69) is 15.4 Å². The second-order valence-electron chi connectivity index (χ2n) is 5.05. The Balaban J connectivity index is 2.38. The van der Waals surface area contributed by atoms with Crippen LogP contribution in [0.25, 0.3) is 5.65 Å². The summed E-state index contributed by atoms with van der Waals surface area (Å²) in [6.07, 6.45) is 0.453. The normalized spacial score (nSPS) is 10.8. The van der Waals surface area contributed by atoms with Gasteiger partial charge in [-0.15, -0.1) is 0 Å². The molecule has 2 aromatic rings. The first kappa shape index (κ1) is 14.3. The first-order valence-electron chi connectivity index (χ1n) is 6.69. The molecule has 0 saturated heterocycles. The Hall–Kier alpha value is -2.11. The lowest BCUT2D eigenvalue weighted by Crippen LogP contribution is -2.27. The van der Waals surface area contributed by atoms with Crippen LogP contribution in [0.1, 0.15) is 23.4 Å². The van der Waals surface area contributed by atoms with Crippen molar-refractivity contribution in [2.75, 3.05) is 25.5 Å². The van der Waals surface area contributed by atoms with Crippen LogP contribution in [-0.2, 0) is 4.79 Å². The number of nitrogens with zero attached hydrogens (tertiary/aromatic N) is 4. The maximum absolute atomic E-state index is 11.4. The quantitative estimate of drug-likeness (QED) is 0.911. The third-order valence-electron chi connectivity index (χ3n) is 3.51. The standard InChI is InChI=1S/C14H21N5O/c1-9-8-13(18(5)7-6-12(20)15-4)19-14(16-9)10(2)11(3)17-19/h8H,6-7H2,1-5H3,(H,15,20). The van der Waals surface area contributed by atoms with Crippen LogP contribution < -0.4 is 10.2 Å². The van der Waals surface area contributed by atoms with Gasteiger partial charge in [-0.3, -0.25) is 4.79 Å². The van der Waals surface area contributed by atoms with Crippen LogP contribution in [0.4, 0.5) is 5.82 Å². The Labute approximate surface area is 118 Å². The minimum Gasteiger partial charge on any atom is -0.359 e. The van der Waals surface area contributed by atoms with Crippen molar-refractivity contribution in [3.8, 4) is 0 Å². The SMILES string of the molecule is CNC(=O)CCN(C)c1cc(C)nc2c(C)c(C)nn12. The molecule has 2 aromatic heterocycles. The molecule has 0 atom stereocenters. The molecule has 0 spiro atoms. The van der Waals surface area contributed by atoms with Crippen molar-refractivity contribution in [3.63, 3.8) is 0 Å². The summed E-state index contributed by atoms with van der Waals surface area (Å²) in [4.78, 5) is 17.9. The molecule has 2 rings (SSSR count). The fourth-order valence-corrected chi connectivity index (χ4v) is 2.11. The van der Waals surface area contributed by atoms with Gasteiger partial charge in [-0.2, -0.15) is 9.61 Å². The van der Waals surface area contributed by atoms with Gasteiger partial charge in [0.2, 0.25) is 5.91 Å². The topological polar surface area (TPSA) is 62.5 Å². The van der Waals surface area contributed by atoms with Crippen LogP contribution in [0.5, 0.6) is 0 Å². The van der Waals surface area contributed by atoms with Crippen molar-refractivity contribution in [1.29, 1.82) is 0 Å². The third-order valence-corrected chi connectivity index (χ3v) is 3.51. The molecule has 0 unspecified atom stereocenters. The number of carbonyl (C=O) groups excluding carboxylic acids is 1. The van der Waals surface area contributed by atoms with Gasteiger partial charge in [-0.05, 0) is 20.8 Å². The van der Waals surface area contributed by atoms with Crippen LogP contribution in [-0.4, -0.2) is 41.1 Å². The highest BCUT2D eigenvalue weighted by atomic mass is 16.1. The molecule has 1 amide bonds. The van der Waals surface area contributed by atoms with Gasteiger partial charge in [0.15, 0.2) is 5.65 Å². The van der Waals surface area contributed by atoms with Gasteiger partial charge in [0.05, 0.1) is 5.69 Å². The number of aryl methyl sites for hydroxylation is 3. The fourth-order valence-electron chi connectivity index (χ4n) is 2.11. The Bertz CT molecular complexity index is 647. The summed E-state index contributed by atoms with van der Waals surface area (Å²) in [5.74, 6) is 0.985. The number of hydrogen-bond acceptors (Lipinski definition) is 4. The Morgan fingerprint density at radius 2 is 2.10 bits per heavy atom.